The minimum Gasteiger partial charge on any atom is -0.248 e. The number of hydrogen-bond donors (Lipinski definition) is 0. The van der Waals surface area contributed by atoms with E-state index in [0.29, 0.717) is 5.69 Å². The predicted molar refractivity (Wildman–Crippen MR) is 97.2 cm³/mol. The Kier molecular flexibility index (Phi) is 3.79. The second-order valence-corrected chi connectivity index (χ2v) is 8.77. The number of alkyl halides is 3. The maximum atomic E-state index is 6.17. The van der Waals surface area contributed by atoms with Crippen molar-refractivity contribution in [3.05, 3.63) is 53.7 Å². The lowest BCUT2D eigenvalue weighted by Crippen LogP contribution is -2.12. The predicted octanol–water partition coefficient (Wildman–Crippen LogP) is 6.51. The Morgan fingerprint density at radius 1 is 0.818 bits per heavy atom. The van der Waals surface area contributed by atoms with Crippen LogP contribution in [0.15, 0.2) is 42.5 Å². The van der Waals surface area contributed by atoms with Crippen LogP contribution >= 0.6 is 34.8 Å². The lowest BCUT2D eigenvalue weighted by Gasteiger charge is -2.22. The molecule has 0 saturated carbocycles. The minimum absolute atomic E-state index is 0.0186. The number of para-hydroxylation sites is 1. The van der Waals surface area contributed by atoms with E-state index in [1.165, 1.54) is 5.56 Å². The van der Waals surface area contributed by atoms with Gasteiger partial charge in [0.1, 0.15) is 5.69 Å². The first kappa shape index (κ1) is 15.9. The molecular formula is C18H16Cl3N. The van der Waals surface area contributed by atoms with Crippen LogP contribution in [0.5, 0.6) is 0 Å². The van der Waals surface area contributed by atoms with Crippen LogP contribution in [0, 0.1) is 0 Å². The summed E-state index contributed by atoms with van der Waals surface area (Å²) >= 11 is 18.5. The van der Waals surface area contributed by atoms with Crippen molar-refractivity contribution in [2.75, 3.05) is 0 Å². The summed E-state index contributed by atoms with van der Waals surface area (Å²) in [6, 6.07) is 14.2. The first-order valence-electron chi connectivity index (χ1n) is 7.08. The molecule has 0 saturated heterocycles. The van der Waals surface area contributed by atoms with Crippen LogP contribution in [0.3, 0.4) is 0 Å². The molecule has 0 aliphatic heterocycles. The highest BCUT2D eigenvalue weighted by atomic mass is 35.6. The SMILES string of the molecule is CC(C)(C)c1ccc2c(c1)c(C(Cl)(Cl)Cl)nc1ccccc12. The Hall–Kier alpha value is -1.02. The molecule has 1 heterocycles. The van der Waals surface area contributed by atoms with Crippen molar-refractivity contribution in [2.45, 2.75) is 30.0 Å². The number of aromatic nitrogens is 1. The number of halogens is 3. The first-order chi connectivity index (χ1) is 10.2. The Bertz CT molecular complexity index is 858. The number of rotatable bonds is 0. The average molecular weight is 353 g/mol. The Labute approximate surface area is 145 Å². The van der Waals surface area contributed by atoms with E-state index in [2.05, 4.69) is 44.0 Å². The lowest BCUT2D eigenvalue weighted by atomic mass is 9.85. The summed E-state index contributed by atoms with van der Waals surface area (Å²) in [5.74, 6) is 0. The standard InChI is InChI=1S/C18H16Cl3N/c1-17(2,3)11-8-9-12-13-6-4-5-7-15(13)22-16(14(12)10-11)18(19,20)21/h4-10H,1-3H3. The molecule has 1 nitrogen and oxygen atoms in total. The molecule has 0 aliphatic carbocycles. The van der Waals surface area contributed by atoms with Crippen LogP contribution in [0.2, 0.25) is 0 Å². The van der Waals surface area contributed by atoms with Gasteiger partial charge in [0.25, 0.3) is 0 Å². The molecule has 0 unspecified atom stereocenters. The second kappa shape index (κ2) is 5.26. The van der Waals surface area contributed by atoms with Gasteiger partial charge in [0.15, 0.2) is 0 Å². The molecule has 0 N–H and O–H groups in total. The van der Waals surface area contributed by atoms with Crippen LogP contribution in [-0.2, 0) is 9.21 Å². The van der Waals surface area contributed by atoms with Gasteiger partial charge in [-0.25, -0.2) is 4.98 Å². The van der Waals surface area contributed by atoms with E-state index >= 15 is 0 Å². The minimum atomic E-state index is -1.56. The Balaban J connectivity index is 2.47. The molecule has 3 aromatic rings. The van der Waals surface area contributed by atoms with Gasteiger partial charge >= 0.3 is 0 Å². The summed E-state index contributed by atoms with van der Waals surface area (Å²) in [6.45, 7) is 6.49. The molecule has 114 valence electrons. The summed E-state index contributed by atoms with van der Waals surface area (Å²) in [5.41, 5.74) is 2.52. The molecule has 3 rings (SSSR count). The fourth-order valence-corrected chi connectivity index (χ4v) is 3.07. The van der Waals surface area contributed by atoms with E-state index in [-0.39, 0.29) is 5.41 Å². The molecule has 0 atom stereocenters. The molecule has 0 amide bonds. The maximum absolute atomic E-state index is 6.17. The van der Waals surface area contributed by atoms with Gasteiger partial charge in [-0.05, 0) is 28.5 Å². The normalized spacial score (nSPS) is 13.0. The van der Waals surface area contributed by atoms with E-state index < -0.39 is 3.79 Å². The quantitative estimate of drug-likeness (QED) is 0.332. The fourth-order valence-electron chi connectivity index (χ4n) is 2.64. The van der Waals surface area contributed by atoms with E-state index in [0.717, 1.165) is 21.7 Å². The molecule has 22 heavy (non-hydrogen) atoms. The third kappa shape index (κ3) is 2.78. The van der Waals surface area contributed by atoms with Crippen molar-refractivity contribution >= 4 is 56.5 Å². The summed E-state index contributed by atoms with van der Waals surface area (Å²) < 4.78 is -1.56. The highest BCUT2D eigenvalue weighted by molar-refractivity contribution is 6.67. The zero-order valence-corrected chi connectivity index (χ0v) is 14.9. The van der Waals surface area contributed by atoms with Crippen molar-refractivity contribution in [3.63, 3.8) is 0 Å². The van der Waals surface area contributed by atoms with E-state index in [9.17, 15) is 0 Å². The van der Waals surface area contributed by atoms with Gasteiger partial charge in [0, 0.05) is 10.8 Å². The maximum Gasteiger partial charge on any atom is 0.233 e. The van der Waals surface area contributed by atoms with Crippen LogP contribution in [0.1, 0.15) is 32.0 Å². The summed E-state index contributed by atoms with van der Waals surface area (Å²) in [7, 11) is 0. The number of pyridine rings is 1. The molecule has 4 heteroatoms. The van der Waals surface area contributed by atoms with Crippen molar-refractivity contribution < 1.29 is 0 Å². The van der Waals surface area contributed by atoms with E-state index in [1.54, 1.807) is 0 Å². The number of nitrogens with zero attached hydrogens (tertiary/aromatic N) is 1. The van der Waals surface area contributed by atoms with E-state index in [4.69, 9.17) is 34.8 Å². The third-order valence-electron chi connectivity index (χ3n) is 3.84. The number of hydrogen-bond acceptors (Lipinski definition) is 1. The molecule has 0 radical (unpaired) electrons. The molecular weight excluding hydrogens is 337 g/mol. The molecule has 0 bridgehead atoms. The van der Waals surface area contributed by atoms with Gasteiger partial charge in [-0.15, -0.1) is 0 Å². The summed E-state index contributed by atoms with van der Waals surface area (Å²) in [5, 5.41) is 3.02. The third-order valence-corrected chi connectivity index (χ3v) is 4.37. The lowest BCUT2D eigenvalue weighted by molar-refractivity contribution is 0.591. The Morgan fingerprint density at radius 2 is 1.50 bits per heavy atom. The van der Waals surface area contributed by atoms with Crippen LogP contribution < -0.4 is 0 Å². The Morgan fingerprint density at radius 3 is 2.14 bits per heavy atom. The van der Waals surface area contributed by atoms with Crippen LogP contribution in [0.4, 0.5) is 0 Å². The number of fused-ring (bicyclic) bond motifs is 3. The summed E-state index contributed by atoms with van der Waals surface area (Å²) in [6.07, 6.45) is 0. The molecule has 1 aromatic heterocycles. The second-order valence-electron chi connectivity index (χ2n) is 6.49. The number of benzene rings is 2. The van der Waals surface area contributed by atoms with Gasteiger partial charge in [0.05, 0.1) is 5.52 Å². The van der Waals surface area contributed by atoms with Gasteiger partial charge in [0.2, 0.25) is 3.79 Å². The smallest absolute Gasteiger partial charge is 0.233 e. The highest BCUT2D eigenvalue weighted by Crippen LogP contribution is 2.43. The van der Waals surface area contributed by atoms with Crippen molar-refractivity contribution in [2.24, 2.45) is 0 Å². The van der Waals surface area contributed by atoms with Crippen LogP contribution in [0.25, 0.3) is 21.7 Å². The van der Waals surface area contributed by atoms with E-state index in [1.807, 2.05) is 24.3 Å². The van der Waals surface area contributed by atoms with Gasteiger partial charge in [-0.3, -0.25) is 0 Å². The zero-order valence-electron chi connectivity index (χ0n) is 12.6. The zero-order chi connectivity index (χ0) is 16.1. The first-order valence-corrected chi connectivity index (χ1v) is 8.21. The fraction of sp³-hybridized carbons (Fsp3) is 0.278. The van der Waals surface area contributed by atoms with Gasteiger partial charge in [-0.1, -0.05) is 85.9 Å². The highest BCUT2D eigenvalue weighted by Gasteiger charge is 2.28. The monoisotopic (exact) mass is 351 g/mol. The van der Waals surface area contributed by atoms with Gasteiger partial charge in [-0.2, -0.15) is 0 Å². The molecule has 0 spiro atoms. The molecule has 2 aromatic carbocycles. The van der Waals surface area contributed by atoms with Crippen molar-refractivity contribution in [1.29, 1.82) is 0 Å². The topological polar surface area (TPSA) is 12.9 Å². The van der Waals surface area contributed by atoms with Crippen molar-refractivity contribution in [3.8, 4) is 0 Å². The largest absolute Gasteiger partial charge is 0.248 e. The van der Waals surface area contributed by atoms with Gasteiger partial charge < -0.3 is 0 Å². The summed E-state index contributed by atoms with van der Waals surface area (Å²) in [4.78, 5) is 4.60. The molecule has 0 aliphatic rings. The van der Waals surface area contributed by atoms with Crippen molar-refractivity contribution in [1.82, 2.24) is 4.98 Å². The molecule has 0 fully saturated rings. The average Bonchev–Trinajstić information content (AvgIpc) is 2.44. The van der Waals surface area contributed by atoms with Crippen LogP contribution in [-0.4, -0.2) is 4.98 Å².